The zero-order valence-electron chi connectivity index (χ0n) is 43.7. The fourth-order valence-corrected chi connectivity index (χ4v) is 15.6. The summed E-state index contributed by atoms with van der Waals surface area (Å²) >= 11 is 0. The van der Waals surface area contributed by atoms with Crippen molar-refractivity contribution in [1.29, 1.82) is 0 Å². The van der Waals surface area contributed by atoms with Gasteiger partial charge in [-0.15, -0.1) is 0 Å². The summed E-state index contributed by atoms with van der Waals surface area (Å²) in [6.07, 6.45) is 10.1. The molecule has 4 aromatic rings. The van der Waals surface area contributed by atoms with Crippen LogP contribution < -0.4 is 45.8 Å². The van der Waals surface area contributed by atoms with Crippen LogP contribution in [0, 0.1) is 53.3 Å². The van der Waals surface area contributed by atoms with Gasteiger partial charge in [0.25, 0.3) is 0 Å². The van der Waals surface area contributed by atoms with Crippen LogP contribution in [-0.4, -0.2) is 57.8 Å². The van der Waals surface area contributed by atoms with Crippen molar-refractivity contribution >= 4 is 16.1 Å². The van der Waals surface area contributed by atoms with Gasteiger partial charge in [-0.3, -0.25) is 0 Å². The molecule has 13 heteroatoms. The van der Waals surface area contributed by atoms with Crippen molar-refractivity contribution in [2.45, 2.75) is 151 Å². The van der Waals surface area contributed by atoms with Crippen molar-refractivity contribution in [2.75, 3.05) is 6.61 Å². The van der Waals surface area contributed by atoms with E-state index in [2.05, 4.69) is 50.8 Å². The largest absolute Gasteiger partial charge is 1.00 e. The number of aryl methyl sites for hydroxylation is 1. The maximum atomic E-state index is 14.3. The van der Waals surface area contributed by atoms with Gasteiger partial charge in [-0.1, -0.05) is 118 Å². The standard InChI is InChI=1S/C61H75N3O8S.Na/c1-37(2)25-40-12-8-24-60(67,34-40)48(26-39-9-5-4-6-10-39)35-61(64-59(62)63)47-18-16-42(17-19-47)57-45-28-46(58-53-22-20-49(66)29-43(53)13-7-11-41(36-65)27-51(31-45)71-58)32-55(57)56(73(68,69)70)33-54-38(3)14-15-44-30-50(72-61)21-23-52(44)54;/h4-6,9-10,16-23,29-30,32,37-38,40-41,45,48,51,54-58,65-67H,8,11-12,14-15,24-28,31,33-36H2,1-3H3,(H4,62,63,64)(H,68,69,70);/q;+1/p-1/t38-,40-,41+,45-,48-,51-,54+,55-,56-,57+,58-,60-,61-;/m1./s1. The van der Waals surface area contributed by atoms with Gasteiger partial charge in [0.2, 0.25) is 5.72 Å². The molecular formula is C61H74N3NaO8S. The molecule has 0 amide bonds. The number of ether oxygens (including phenoxy) is 2. The van der Waals surface area contributed by atoms with Crippen LogP contribution in [0.1, 0.15) is 155 Å². The van der Waals surface area contributed by atoms with E-state index in [1.807, 2.05) is 66.7 Å². The van der Waals surface area contributed by atoms with E-state index in [1.165, 1.54) is 0 Å². The topological polar surface area (TPSA) is 201 Å². The first-order chi connectivity index (χ1) is 35.0. The number of hydrogen-bond acceptors (Lipinski definition) is 9. The number of nitrogens with zero attached hydrogens (tertiary/aromatic N) is 1. The van der Waals surface area contributed by atoms with Crippen LogP contribution in [-0.2, 0) is 33.4 Å². The first kappa shape index (κ1) is 54.6. The average Bonchev–Trinajstić information content (AvgIpc) is 3.47. The second-order valence-corrected chi connectivity index (χ2v) is 24.9. The van der Waals surface area contributed by atoms with E-state index >= 15 is 0 Å². The monoisotopic (exact) mass is 1030 g/mol. The Hall–Kier alpha value is -4.16. The zero-order valence-corrected chi connectivity index (χ0v) is 46.5. The summed E-state index contributed by atoms with van der Waals surface area (Å²) in [6, 6.07) is 29.5. The summed E-state index contributed by atoms with van der Waals surface area (Å²) in [6.45, 7) is 6.58. The molecule has 0 unspecified atom stereocenters. The van der Waals surface area contributed by atoms with Crippen molar-refractivity contribution < 1.29 is 67.3 Å². The van der Waals surface area contributed by atoms with Crippen LogP contribution in [0.3, 0.4) is 0 Å². The summed E-state index contributed by atoms with van der Waals surface area (Å²) < 4.78 is 57.3. The first-order valence-electron chi connectivity index (χ1n) is 27.0. The second-order valence-electron chi connectivity index (χ2n) is 23.3. The van der Waals surface area contributed by atoms with Gasteiger partial charge in [0, 0.05) is 36.1 Å². The van der Waals surface area contributed by atoms with Gasteiger partial charge in [-0.2, -0.15) is 0 Å². The molecule has 388 valence electrons. The molecule has 1 saturated heterocycles. The maximum absolute atomic E-state index is 14.3. The predicted octanol–water partition coefficient (Wildman–Crippen LogP) is 7.03. The number of phenols is 1. The van der Waals surface area contributed by atoms with E-state index in [9.17, 15) is 28.3 Å². The van der Waals surface area contributed by atoms with Gasteiger partial charge in [-0.05, 0) is 170 Å². The van der Waals surface area contributed by atoms with E-state index in [0.717, 1.165) is 65.5 Å². The summed E-state index contributed by atoms with van der Waals surface area (Å²) in [5.74, 6) is 5.91. The van der Waals surface area contributed by atoms with Gasteiger partial charge in [-0.25, -0.2) is 13.4 Å². The molecule has 0 radical (unpaired) electrons. The number of aliphatic hydroxyl groups excluding tert-OH is 1. The van der Waals surface area contributed by atoms with Crippen molar-refractivity contribution in [3.63, 3.8) is 0 Å². The van der Waals surface area contributed by atoms with Crippen LogP contribution in [0.25, 0.3) is 0 Å². The molecule has 1 saturated carbocycles. The smallest absolute Gasteiger partial charge is 0.748 e. The number of aliphatic hydroxyl groups is 2. The number of hydrogen-bond donors (Lipinski definition) is 5. The first-order valence-corrected chi connectivity index (χ1v) is 28.5. The van der Waals surface area contributed by atoms with Crippen molar-refractivity contribution in [3.05, 3.63) is 142 Å². The Kier molecular flexibility index (Phi) is 16.6. The maximum Gasteiger partial charge on any atom is 1.00 e. The molecule has 11 nitrogen and oxygen atoms in total. The van der Waals surface area contributed by atoms with Crippen LogP contribution in [0.15, 0.2) is 108 Å². The fourth-order valence-electron chi connectivity index (χ4n) is 14.5. The molecule has 5 heterocycles. The minimum atomic E-state index is -4.92. The molecule has 8 aliphatic rings. The van der Waals surface area contributed by atoms with Gasteiger partial charge >= 0.3 is 29.6 Å². The molecule has 12 rings (SSSR count). The Morgan fingerprint density at radius 2 is 1.73 bits per heavy atom. The van der Waals surface area contributed by atoms with Crippen LogP contribution in [0.4, 0.5) is 0 Å². The third-order valence-corrected chi connectivity index (χ3v) is 19.1. The van der Waals surface area contributed by atoms with Crippen molar-refractivity contribution in [3.8, 4) is 23.3 Å². The van der Waals surface area contributed by atoms with E-state index < -0.39 is 44.6 Å². The molecule has 74 heavy (non-hydrogen) atoms. The quantitative estimate of drug-likeness (QED) is 0.0274. The third kappa shape index (κ3) is 11.6. The molecule has 2 fully saturated rings. The van der Waals surface area contributed by atoms with E-state index in [4.69, 9.17) is 25.9 Å². The van der Waals surface area contributed by atoms with Crippen LogP contribution >= 0.6 is 0 Å². The second kappa shape index (κ2) is 22.4. The van der Waals surface area contributed by atoms with E-state index in [-0.39, 0.29) is 96.4 Å². The van der Waals surface area contributed by atoms with Gasteiger partial charge in [0.05, 0.1) is 27.1 Å². The predicted molar refractivity (Wildman–Crippen MR) is 283 cm³/mol. The molecule has 0 spiro atoms. The average molecular weight is 1030 g/mol. The van der Waals surface area contributed by atoms with Crippen molar-refractivity contribution in [1.82, 2.24) is 0 Å². The van der Waals surface area contributed by atoms with Gasteiger partial charge in [0.15, 0.2) is 5.96 Å². The minimum Gasteiger partial charge on any atom is -0.748 e. The summed E-state index contributed by atoms with van der Waals surface area (Å²) in [5, 5.41) is 33.2. The number of aromatic hydroxyl groups is 1. The Bertz CT molecular complexity index is 2880. The molecule has 0 aromatic heterocycles. The summed E-state index contributed by atoms with van der Waals surface area (Å²) in [5.41, 5.74) is 17.5. The third-order valence-electron chi connectivity index (χ3n) is 17.8. The number of fused-ring (bicyclic) bond motifs is 8. The van der Waals surface area contributed by atoms with Crippen LogP contribution in [0.5, 0.6) is 11.5 Å². The number of nitrogens with two attached hydrogens (primary N) is 2. The van der Waals surface area contributed by atoms with Gasteiger partial charge < -0.3 is 40.8 Å². The molecular weight excluding hydrogens is 958 g/mol. The fraction of sp³-hybridized carbons (Fsp3) is 0.525. The SMILES string of the molecule is CC(C)C[C@H]1CCC[C@](O)([C@H](Cc2ccccc2)C[C@@]2(N=C(N)N)Oc3ccc4c(c3)CC[C@@H](C)[C@@H]4C[C@@H](S(=O)(=O)[O-])[C@H]3C=C4C[C@H](C[C@H]5C[C@@H](CO)CC#Cc6cc(O)ccc6[C@@H]4O5)[C@@H]3c3ccc2cc3)C1.[Na+]. The normalized spacial score (nSPS) is 31.7. The molecule has 3 aliphatic carbocycles. The van der Waals surface area contributed by atoms with Crippen molar-refractivity contribution in [2.24, 2.45) is 57.9 Å². The number of allylic oxidation sites excluding steroid dienone is 1. The molecule has 10 bridgehead atoms. The Labute approximate surface area is 461 Å². The van der Waals surface area contributed by atoms with E-state index in [1.54, 1.807) is 12.1 Å². The molecule has 7 N–H and O–H groups in total. The summed E-state index contributed by atoms with van der Waals surface area (Å²) in [7, 11) is -4.92. The Balaban J connectivity index is 0.00000672. The molecule has 4 aromatic carbocycles. The number of phenolic OH excluding ortho intramolecular Hbond substituents is 1. The van der Waals surface area contributed by atoms with E-state index in [0.29, 0.717) is 73.7 Å². The summed E-state index contributed by atoms with van der Waals surface area (Å²) in [4.78, 5) is 5.12. The van der Waals surface area contributed by atoms with Gasteiger partial charge in [0.1, 0.15) is 17.6 Å². The minimum absolute atomic E-state index is 0. The molecule has 5 aliphatic heterocycles. The number of rotatable bonds is 10. The Morgan fingerprint density at radius 1 is 0.959 bits per heavy atom. The number of aliphatic imine (C=N–C) groups is 1. The zero-order chi connectivity index (χ0) is 51.2. The van der Waals surface area contributed by atoms with Crippen LogP contribution in [0.2, 0.25) is 0 Å². The molecule has 13 atom stereocenters. The Morgan fingerprint density at radius 3 is 2.46 bits per heavy atom. The number of benzene rings is 4. The number of guanidine groups is 1.